The van der Waals surface area contributed by atoms with Crippen molar-refractivity contribution in [3.8, 4) is 0 Å². The smallest absolute Gasteiger partial charge is 0.227 e. The van der Waals surface area contributed by atoms with E-state index in [2.05, 4.69) is 10.3 Å². The number of nitrogens with one attached hydrogen (secondary N) is 1. The molecule has 1 saturated heterocycles. The second-order valence-electron chi connectivity index (χ2n) is 4.25. The number of hydrogen-bond acceptors (Lipinski definition) is 5. The van der Waals surface area contributed by atoms with E-state index >= 15 is 0 Å². The van der Waals surface area contributed by atoms with Crippen LogP contribution in [0.3, 0.4) is 0 Å². The van der Waals surface area contributed by atoms with Gasteiger partial charge in [-0.05, 0) is 19.8 Å². The van der Waals surface area contributed by atoms with Crippen LogP contribution in [0.5, 0.6) is 0 Å². The topological polar surface area (TPSA) is 60.5 Å². The molecule has 0 atom stereocenters. The zero-order valence-corrected chi connectivity index (χ0v) is 11.3. The molecule has 1 amide bonds. The Hall–Kier alpha value is -0.980. The summed E-state index contributed by atoms with van der Waals surface area (Å²) in [6, 6.07) is 0. The molecule has 6 heteroatoms. The van der Waals surface area contributed by atoms with Gasteiger partial charge in [0.15, 0.2) is 0 Å². The standard InChI is InChI=1S/C12H18N2O3S/c1-9-12(18-8-13-9)14-11(15)4-7-17-10-2-5-16-6-3-10/h8,10H,2-7H2,1H3,(H,14,15). The zero-order valence-electron chi connectivity index (χ0n) is 10.5. The van der Waals surface area contributed by atoms with Gasteiger partial charge in [0.1, 0.15) is 5.00 Å². The number of aromatic nitrogens is 1. The number of nitrogens with zero attached hydrogens (tertiary/aromatic N) is 1. The highest BCUT2D eigenvalue weighted by Gasteiger charge is 2.14. The van der Waals surface area contributed by atoms with E-state index in [4.69, 9.17) is 9.47 Å². The van der Waals surface area contributed by atoms with Crippen molar-refractivity contribution in [3.05, 3.63) is 11.2 Å². The van der Waals surface area contributed by atoms with Gasteiger partial charge in [-0.3, -0.25) is 4.79 Å². The first-order chi connectivity index (χ1) is 8.75. The third-order valence-electron chi connectivity index (χ3n) is 2.85. The highest BCUT2D eigenvalue weighted by molar-refractivity contribution is 7.14. The normalized spacial score (nSPS) is 16.7. The summed E-state index contributed by atoms with van der Waals surface area (Å²) in [5, 5.41) is 3.67. The van der Waals surface area contributed by atoms with Gasteiger partial charge in [0, 0.05) is 13.2 Å². The molecule has 0 saturated carbocycles. The molecular formula is C12H18N2O3S. The summed E-state index contributed by atoms with van der Waals surface area (Å²) in [4.78, 5) is 15.7. The number of carbonyl (C=O) groups excluding carboxylic acids is 1. The van der Waals surface area contributed by atoms with Gasteiger partial charge in [-0.1, -0.05) is 0 Å². The van der Waals surface area contributed by atoms with Crippen LogP contribution in [-0.2, 0) is 14.3 Å². The van der Waals surface area contributed by atoms with E-state index in [1.54, 1.807) is 5.51 Å². The first kappa shape index (κ1) is 13.5. The predicted molar refractivity (Wildman–Crippen MR) is 69.9 cm³/mol. The molecule has 0 aliphatic carbocycles. The van der Waals surface area contributed by atoms with E-state index < -0.39 is 0 Å². The molecular weight excluding hydrogens is 252 g/mol. The van der Waals surface area contributed by atoms with Crippen molar-refractivity contribution in [1.82, 2.24) is 4.98 Å². The predicted octanol–water partition coefficient (Wildman–Crippen LogP) is 1.98. The lowest BCUT2D eigenvalue weighted by Gasteiger charge is -2.22. The minimum absolute atomic E-state index is 0.0191. The highest BCUT2D eigenvalue weighted by atomic mass is 32.1. The second kappa shape index (κ2) is 6.82. The average molecular weight is 270 g/mol. The molecule has 1 aromatic heterocycles. The Morgan fingerprint density at radius 3 is 3.06 bits per heavy atom. The largest absolute Gasteiger partial charge is 0.381 e. The average Bonchev–Trinajstić information content (AvgIpc) is 2.76. The van der Waals surface area contributed by atoms with Crippen LogP contribution in [0.4, 0.5) is 5.00 Å². The lowest BCUT2D eigenvalue weighted by molar-refractivity contribution is -0.118. The summed E-state index contributed by atoms with van der Waals surface area (Å²) in [5.41, 5.74) is 2.59. The SMILES string of the molecule is Cc1ncsc1NC(=O)CCOC1CCOCC1. The lowest BCUT2D eigenvalue weighted by Crippen LogP contribution is -2.25. The number of anilines is 1. The van der Waals surface area contributed by atoms with Crippen molar-refractivity contribution < 1.29 is 14.3 Å². The number of amides is 1. The molecule has 2 heterocycles. The number of carbonyl (C=O) groups is 1. The molecule has 0 bridgehead atoms. The van der Waals surface area contributed by atoms with Gasteiger partial charge in [0.25, 0.3) is 0 Å². The van der Waals surface area contributed by atoms with Crippen LogP contribution in [0, 0.1) is 6.92 Å². The summed E-state index contributed by atoms with van der Waals surface area (Å²) in [6.07, 6.45) is 2.48. The van der Waals surface area contributed by atoms with Gasteiger partial charge >= 0.3 is 0 Å². The molecule has 1 aliphatic rings. The number of aryl methyl sites for hydroxylation is 1. The van der Waals surface area contributed by atoms with E-state index in [1.165, 1.54) is 11.3 Å². The third-order valence-corrected chi connectivity index (χ3v) is 3.69. The maximum atomic E-state index is 11.7. The molecule has 5 nitrogen and oxygen atoms in total. The van der Waals surface area contributed by atoms with Gasteiger partial charge in [0.2, 0.25) is 5.91 Å². The van der Waals surface area contributed by atoms with Crippen molar-refractivity contribution in [2.75, 3.05) is 25.1 Å². The zero-order chi connectivity index (χ0) is 12.8. The first-order valence-corrected chi connectivity index (χ1v) is 7.03. The van der Waals surface area contributed by atoms with E-state index in [0.29, 0.717) is 13.0 Å². The van der Waals surface area contributed by atoms with Crippen molar-refractivity contribution in [1.29, 1.82) is 0 Å². The fourth-order valence-electron chi connectivity index (χ4n) is 1.77. The molecule has 0 unspecified atom stereocenters. The molecule has 100 valence electrons. The Balaban J connectivity index is 1.64. The Labute approximate surface area is 111 Å². The van der Waals surface area contributed by atoms with Crippen molar-refractivity contribution in [3.63, 3.8) is 0 Å². The van der Waals surface area contributed by atoms with E-state index in [0.717, 1.165) is 36.8 Å². The monoisotopic (exact) mass is 270 g/mol. The van der Waals surface area contributed by atoms with Gasteiger partial charge in [-0.2, -0.15) is 0 Å². The van der Waals surface area contributed by atoms with Crippen LogP contribution >= 0.6 is 11.3 Å². The summed E-state index contributed by atoms with van der Waals surface area (Å²) < 4.78 is 10.9. The Morgan fingerprint density at radius 2 is 2.39 bits per heavy atom. The van der Waals surface area contributed by atoms with E-state index in [9.17, 15) is 4.79 Å². The number of rotatable bonds is 5. The number of hydrogen-bond donors (Lipinski definition) is 1. The molecule has 2 rings (SSSR count). The molecule has 0 spiro atoms. The van der Waals surface area contributed by atoms with Gasteiger partial charge in [-0.15, -0.1) is 11.3 Å². The second-order valence-corrected chi connectivity index (χ2v) is 5.10. The summed E-state index contributed by atoms with van der Waals surface area (Å²) in [6.45, 7) is 3.87. The van der Waals surface area contributed by atoms with Crippen LogP contribution in [0.2, 0.25) is 0 Å². The summed E-state index contributed by atoms with van der Waals surface area (Å²) in [5.74, 6) is -0.0191. The Kier molecular flexibility index (Phi) is 5.10. The molecule has 1 fully saturated rings. The minimum atomic E-state index is -0.0191. The first-order valence-electron chi connectivity index (χ1n) is 6.15. The Morgan fingerprint density at radius 1 is 1.61 bits per heavy atom. The van der Waals surface area contributed by atoms with Crippen molar-refractivity contribution >= 4 is 22.2 Å². The molecule has 1 aromatic rings. The summed E-state index contributed by atoms with van der Waals surface area (Å²) >= 11 is 1.44. The fraction of sp³-hybridized carbons (Fsp3) is 0.667. The molecule has 18 heavy (non-hydrogen) atoms. The van der Waals surface area contributed by atoms with Gasteiger partial charge in [-0.25, -0.2) is 4.98 Å². The number of thiazole rings is 1. The molecule has 1 N–H and O–H groups in total. The van der Waals surface area contributed by atoms with E-state index in [1.807, 2.05) is 6.92 Å². The minimum Gasteiger partial charge on any atom is -0.381 e. The maximum Gasteiger partial charge on any atom is 0.227 e. The third kappa shape index (κ3) is 4.04. The molecule has 0 aromatic carbocycles. The van der Waals surface area contributed by atoms with Crippen LogP contribution < -0.4 is 5.32 Å². The fourth-order valence-corrected chi connectivity index (χ4v) is 2.48. The van der Waals surface area contributed by atoms with Crippen LogP contribution in [0.15, 0.2) is 5.51 Å². The number of ether oxygens (including phenoxy) is 2. The highest BCUT2D eigenvalue weighted by Crippen LogP contribution is 2.19. The van der Waals surface area contributed by atoms with Crippen LogP contribution in [0.1, 0.15) is 25.0 Å². The summed E-state index contributed by atoms with van der Waals surface area (Å²) in [7, 11) is 0. The van der Waals surface area contributed by atoms with Gasteiger partial charge in [0.05, 0.1) is 30.3 Å². The van der Waals surface area contributed by atoms with Crippen molar-refractivity contribution in [2.24, 2.45) is 0 Å². The van der Waals surface area contributed by atoms with Crippen LogP contribution in [-0.4, -0.2) is 36.8 Å². The molecule has 0 radical (unpaired) electrons. The van der Waals surface area contributed by atoms with Gasteiger partial charge < -0.3 is 14.8 Å². The Bertz CT molecular complexity index is 388. The van der Waals surface area contributed by atoms with Crippen LogP contribution in [0.25, 0.3) is 0 Å². The maximum absolute atomic E-state index is 11.7. The molecule has 1 aliphatic heterocycles. The quantitative estimate of drug-likeness (QED) is 0.888. The lowest BCUT2D eigenvalue weighted by atomic mass is 10.1. The van der Waals surface area contributed by atoms with Crippen molar-refractivity contribution in [2.45, 2.75) is 32.3 Å². The van der Waals surface area contributed by atoms with E-state index in [-0.39, 0.29) is 12.0 Å².